The molecule has 0 spiro atoms. The van der Waals surface area contributed by atoms with E-state index < -0.39 is 0 Å². The zero-order valence-electron chi connectivity index (χ0n) is 11.4. The zero-order chi connectivity index (χ0) is 13.7. The van der Waals surface area contributed by atoms with Crippen molar-refractivity contribution >= 4 is 0 Å². The van der Waals surface area contributed by atoms with Crippen molar-refractivity contribution in [1.29, 1.82) is 0 Å². The third kappa shape index (κ3) is 3.86. The molecule has 0 saturated heterocycles. The molecule has 1 N–H and O–H groups in total. The van der Waals surface area contributed by atoms with Gasteiger partial charge >= 0.3 is 0 Å². The minimum atomic E-state index is -0.0998. The van der Waals surface area contributed by atoms with E-state index in [1.165, 1.54) is 0 Å². The number of nitrogens with zero attached hydrogens (tertiary/aromatic N) is 1. The average molecular weight is 258 g/mol. The van der Waals surface area contributed by atoms with Gasteiger partial charge in [0.2, 0.25) is 0 Å². The second-order valence-corrected chi connectivity index (χ2v) is 4.79. The van der Waals surface area contributed by atoms with Crippen LogP contribution in [0, 0.1) is 19.7 Å². The van der Waals surface area contributed by atoms with Gasteiger partial charge in [-0.15, -0.1) is 0 Å². The van der Waals surface area contributed by atoms with Crippen molar-refractivity contribution in [3.63, 3.8) is 0 Å². The maximum absolute atomic E-state index is 13.5. The molecule has 0 amide bonds. The third-order valence-electron chi connectivity index (χ3n) is 3.11. The van der Waals surface area contributed by atoms with E-state index in [1.54, 1.807) is 13.8 Å². The summed E-state index contributed by atoms with van der Waals surface area (Å²) in [5.74, 6) is -0.0998. The van der Waals surface area contributed by atoms with Gasteiger partial charge in [0, 0.05) is 31.4 Å². The number of hydrogen-bond donors (Lipinski definition) is 1. The van der Waals surface area contributed by atoms with Crippen LogP contribution in [0.15, 0.2) is 36.5 Å². The van der Waals surface area contributed by atoms with E-state index in [1.807, 2.05) is 36.5 Å². The van der Waals surface area contributed by atoms with E-state index in [2.05, 4.69) is 10.3 Å². The van der Waals surface area contributed by atoms with Crippen molar-refractivity contribution in [2.45, 2.75) is 26.8 Å². The largest absolute Gasteiger partial charge is 0.312 e. The molecule has 0 bridgehead atoms. The first-order valence-electron chi connectivity index (χ1n) is 6.53. The smallest absolute Gasteiger partial charge is 0.129 e. The van der Waals surface area contributed by atoms with E-state index in [-0.39, 0.29) is 5.82 Å². The van der Waals surface area contributed by atoms with Gasteiger partial charge in [-0.25, -0.2) is 4.39 Å². The first-order chi connectivity index (χ1) is 9.16. The summed E-state index contributed by atoms with van der Waals surface area (Å²) < 4.78 is 13.5. The molecule has 0 aliphatic carbocycles. The van der Waals surface area contributed by atoms with E-state index in [0.29, 0.717) is 11.1 Å². The minimum absolute atomic E-state index is 0.0998. The van der Waals surface area contributed by atoms with Gasteiger partial charge in [-0.3, -0.25) is 4.98 Å². The maximum Gasteiger partial charge on any atom is 0.129 e. The summed E-state index contributed by atoms with van der Waals surface area (Å²) in [6.07, 6.45) is 2.71. The molecule has 1 aromatic heterocycles. The summed E-state index contributed by atoms with van der Waals surface area (Å²) >= 11 is 0. The number of pyridine rings is 1. The van der Waals surface area contributed by atoms with Crippen LogP contribution in [0.4, 0.5) is 4.39 Å². The molecule has 0 fully saturated rings. The summed E-state index contributed by atoms with van der Waals surface area (Å²) in [7, 11) is 0. The van der Waals surface area contributed by atoms with Gasteiger partial charge in [-0.2, -0.15) is 0 Å². The Bertz CT molecular complexity index is 515. The topological polar surface area (TPSA) is 24.9 Å². The predicted molar refractivity (Wildman–Crippen MR) is 75.5 cm³/mol. The van der Waals surface area contributed by atoms with Crippen LogP contribution in [0.5, 0.6) is 0 Å². The highest BCUT2D eigenvalue weighted by Gasteiger charge is 2.03. The molecule has 1 heterocycles. The molecule has 2 aromatic rings. The molecule has 0 atom stereocenters. The molecule has 19 heavy (non-hydrogen) atoms. The molecule has 0 saturated carbocycles. The molecule has 0 aliphatic heterocycles. The van der Waals surface area contributed by atoms with E-state index in [0.717, 1.165) is 30.8 Å². The Balaban J connectivity index is 1.83. The second-order valence-electron chi connectivity index (χ2n) is 4.79. The molecular weight excluding hydrogens is 239 g/mol. The summed E-state index contributed by atoms with van der Waals surface area (Å²) in [6.45, 7) is 5.24. The van der Waals surface area contributed by atoms with Crippen LogP contribution >= 0.6 is 0 Å². The van der Waals surface area contributed by atoms with Crippen LogP contribution in [0.1, 0.15) is 22.4 Å². The fraction of sp³-hybridized carbons (Fsp3) is 0.312. The summed E-state index contributed by atoms with van der Waals surface area (Å²) in [6, 6.07) is 9.73. The lowest BCUT2D eigenvalue weighted by atomic mass is 10.1. The van der Waals surface area contributed by atoms with E-state index in [9.17, 15) is 4.39 Å². The SMILES string of the molecule is Cc1cc(CNCCc2ccccn2)cc(C)c1F. The van der Waals surface area contributed by atoms with Crippen LogP contribution in [-0.4, -0.2) is 11.5 Å². The average Bonchev–Trinajstić information content (AvgIpc) is 2.42. The monoisotopic (exact) mass is 258 g/mol. The third-order valence-corrected chi connectivity index (χ3v) is 3.11. The zero-order valence-corrected chi connectivity index (χ0v) is 11.4. The van der Waals surface area contributed by atoms with Gasteiger partial charge in [0.25, 0.3) is 0 Å². The van der Waals surface area contributed by atoms with E-state index in [4.69, 9.17) is 0 Å². The lowest BCUT2D eigenvalue weighted by Crippen LogP contribution is -2.17. The Morgan fingerprint density at radius 2 is 1.89 bits per heavy atom. The Morgan fingerprint density at radius 3 is 2.53 bits per heavy atom. The molecule has 0 unspecified atom stereocenters. The van der Waals surface area contributed by atoms with Gasteiger partial charge in [0.15, 0.2) is 0 Å². The predicted octanol–water partition coefficient (Wildman–Crippen LogP) is 3.17. The summed E-state index contributed by atoms with van der Waals surface area (Å²) in [5.41, 5.74) is 3.63. The molecule has 2 rings (SSSR count). The van der Waals surface area contributed by atoms with Crippen LogP contribution < -0.4 is 5.32 Å². The van der Waals surface area contributed by atoms with Gasteiger partial charge in [0.05, 0.1) is 0 Å². The summed E-state index contributed by atoms with van der Waals surface area (Å²) in [4.78, 5) is 4.27. The summed E-state index contributed by atoms with van der Waals surface area (Å²) in [5, 5.41) is 3.36. The van der Waals surface area contributed by atoms with Crippen molar-refractivity contribution in [3.8, 4) is 0 Å². The fourth-order valence-electron chi connectivity index (χ4n) is 2.13. The molecule has 3 heteroatoms. The van der Waals surface area contributed by atoms with Crippen molar-refractivity contribution in [3.05, 3.63) is 64.7 Å². The quantitative estimate of drug-likeness (QED) is 0.833. The number of hydrogen-bond acceptors (Lipinski definition) is 2. The van der Waals surface area contributed by atoms with E-state index >= 15 is 0 Å². The molecule has 0 radical (unpaired) electrons. The lowest BCUT2D eigenvalue weighted by molar-refractivity contribution is 0.606. The molecule has 100 valence electrons. The fourth-order valence-corrected chi connectivity index (χ4v) is 2.13. The standard InChI is InChI=1S/C16H19FN2/c1-12-9-14(10-13(2)16(12)17)11-18-8-6-15-5-3-4-7-19-15/h3-5,7,9-10,18H,6,8,11H2,1-2H3. The van der Waals surface area contributed by atoms with Crippen LogP contribution in [0.2, 0.25) is 0 Å². The number of aromatic nitrogens is 1. The first kappa shape index (κ1) is 13.7. The molecule has 0 aliphatic rings. The Morgan fingerprint density at radius 1 is 1.16 bits per heavy atom. The number of benzene rings is 1. The Labute approximate surface area is 113 Å². The Kier molecular flexibility index (Phi) is 4.63. The van der Waals surface area contributed by atoms with Crippen molar-refractivity contribution in [2.75, 3.05) is 6.54 Å². The van der Waals surface area contributed by atoms with Gasteiger partial charge in [0.1, 0.15) is 5.82 Å². The number of rotatable bonds is 5. The molecule has 2 nitrogen and oxygen atoms in total. The van der Waals surface area contributed by atoms with Crippen LogP contribution in [0.3, 0.4) is 0 Å². The minimum Gasteiger partial charge on any atom is -0.312 e. The van der Waals surface area contributed by atoms with Crippen molar-refractivity contribution in [1.82, 2.24) is 10.3 Å². The van der Waals surface area contributed by atoms with Gasteiger partial charge in [-0.05, 0) is 42.7 Å². The van der Waals surface area contributed by atoms with Crippen molar-refractivity contribution in [2.24, 2.45) is 0 Å². The number of halogens is 1. The maximum atomic E-state index is 13.5. The highest BCUT2D eigenvalue weighted by atomic mass is 19.1. The van der Waals surface area contributed by atoms with Crippen LogP contribution in [-0.2, 0) is 13.0 Å². The van der Waals surface area contributed by atoms with Crippen molar-refractivity contribution < 1.29 is 4.39 Å². The normalized spacial score (nSPS) is 10.7. The Hall–Kier alpha value is -1.74. The highest BCUT2D eigenvalue weighted by molar-refractivity contribution is 5.30. The molecular formula is C16H19FN2. The highest BCUT2D eigenvalue weighted by Crippen LogP contribution is 2.14. The number of aryl methyl sites for hydroxylation is 2. The van der Waals surface area contributed by atoms with Gasteiger partial charge < -0.3 is 5.32 Å². The molecule has 1 aromatic carbocycles. The second kappa shape index (κ2) is 6.43. The van der Waals surface area contributed by atoms with Crippen LogP contribution in [0.25, 0.3) is 0 Å². The first-order valence-corrected chi connectivity index (χ1v) is 6.53. The lowest BCUT2D eigenvalue weighted by Gasteiger charge is -2.08. The van der Waals surface area contributed by atoms with Gasteiger partial charge in [-0.1, -0.05) is 18.2 Å². The number of nitrogens with one attached hydrogen (secondary N) is 1.